The van der Waals surface area contributed by atoms with E-state index in [1.165, 1.54) is 26.9 Å². The molecule has 11 heteroatoms. The molecule has 0 aliphatic carbocycles. The summed E-state index contributed by atoms with van der Waals surface area (Å²) in [5.74, 6) is -0.273. The normalized spacial score (nSPS) is 17.9. The van der Waals surface area contributed by atoms with Crippen LogP contribution < -0.4 is 5.32 Å². The van der Waals surface area contributed by atoms with E-state index in [0.29, 0.717) is 18.7 Å². The fraction of sp³-hybridized carbons (Fsp3) is 0.379. The van der Waals surface area contributed by atoms with Crippen molar-refractivity contribution in [3.05, 3.63) is 64.5 Å². The molecule has 1 unspecified atom stereocenters. The van der Waals surface area contributed by atoms with E-state index in [4.69, 9.17) is 9.72 Å². The Labute approximate surface area is 242 Å². The third-order valence-corrected chi connectivity index (χ3v) is 11.7. The van der Waals surface area contributed by atoms with Gasteiger partial charge in [0.15, 0.2) is 0 Å². The Morgan fingerprint density at radius 1 is 1.18 bits per heavy atom. The van der Waals surface area contributed by atoms with Crippen molar-refractivity contribution in [1.29, 1.82) is 0 Å². The number of hydrogen-bond acceptors (Lipinski definition) is 8. The van der Waals surface area contributed by atoms with Crippen molar-refractivity contribution >= 4 is 53.8 Å². The van der Waals surface area contributed by atoms with Crippen molar-refractivity contribution in [3.8, 4) is 10.6 Å². The maximum atomic E-state index is 13.4. The van der Waals surface area contributed by atoms with Crippen LogP contribution in [0.15, 0.2) is 53.4 Å². The summed E-state index contributed by atoms with van der Waals surface area (Å²) in [6.45, 7) is 5.97. The van der Waals surface area contributed by atoms with Gasteiger partial charge in [0.25, 0.3) is 5.91 Å². The van der Waals surface area contributed by atoms with Crippen molar-refractivity contribution in [2.24, 2.45) is 0 Å². The number of rotatable bonds is 8. The molecule has 2 aliphatic heterocycles. The molecule has 0 bridgehead atoms. The number of carbonyl (C=O) groups is 1. The number of hydrogen-bond donors (Lipinski definition) is 1. The first-order valence-corrected chi connectivity index (χ1v) is 16.6. The number of nitrogens with one attached hydrogen (secondary N) is 1. The summed E-state index contributed by atoms with van der Waals surface area (Å²) in [4.78, 5) is 22.2. The minimum atomic E-state index is -3.68. The van der Waals surface area contributed by atoms with Gasteiger partial charge in [-0.3, -0.25) is 9.69 Å². The Morgan fingerprint density at radius 2 is 1.98 bits per heavy atom. The van der Waals surface area contributed by atoms with Gasteiger partial charge in [-0.25, -0.2) is 13.4 Å². The summed E-state index contributed by atoms with van der Waals surface area (Å²) >= 11 is 3.25. The highest BCUT2D eigenvalue weighted by molar-refractivity contribution is 7.89. The fourth-order valence-corrected chi connectivity index (χ4v) is 8.92. The second-order valence-corrected chi connectivity index (χ2v) is 14.4. The number of likely N-dealkylation sites (N-methyl/N-ethyl adjacent to an activating group) is 2. The first-order valence-electron chi connectivity index (χ1n) is 13.6. The van der Waals surface area contributed by atoms with Crippen LogP contribution in [0.2, 0.25) is 0 Å². The molecule has 2 aromatic heterocycles. The number of amides is 1. The minimum Gasteiger partial charge on any atom is -0.377 e. The molecule has 1 atom stereocenters. The largest absolute Gasteiger partial charge is 0.377 e. The molecule has 0 spiro atoms. The molecule has 2 aliphatic rings. The number of thiophene rings is 1. The molecule has 6 rings (SSSR count). The van der Waals surface area contributed by atoms with Gasteiger partial charge in [-0.05, 0) is 67.8 Å². The van der Waals surface area contributed by atoms with Crippen molar-refractivity contribution in [1.82, 2.24) is 14.2 Å². The Hall–Kier alpha value is -2.67. The Morgan fingerprint density at radius 3 is 2.70 bits per heavy atom. The second kappa shape index (κ2) is 11.3. The third kappa shape index (κ3) is 5.34. The zero-order valence-electron chi connectivity index (χ0n) is 22.6. The van der Waals surface area contributed by atoms with Gasteiger partial charge in [-0.15, -0.1) is 22.7 Å². The predicted molar refractivity (Wildman–Crippen MR) is 161 cm³/mol. The molecular weight excluding hydrogens is 565 g/mol. The lowest BCUT2D eigenvalue weighted by Crippen LogP contribution is -2.34. The van der Waals surface area contributed by atoms with Crippen LogP contribution in [0.3, 0.4) is 0 Å². The Balaban J connectivity index is 1.26. The van der Waals surface area contributed by atoms with E-state index in [1.54, 1.807) is 41.9 Å². The molecule has 1 amide bonds. The number of sulfonamides is 1. The lowest BCUT2D eigenvalue weighted by Gasteiger charge is -2.25. The Kier molecular flexibility index (Phi) is 7.77. The lowest BCUT2D eigenvalue weighted by atomic mass is 10.0. The van der Waals surface area contributed by atoms with Crippen LogP contribution in [0.5, 0.6) is 0 Å². The van der Waals surface area contributed by atoms with Crippen molar-refractivity contribution in [2.45, 2.75) is 43.7 Å². The quantitative estimate of drug-likeness (QED) is 0.291. The molecule has 8 nitrogen and oxygen atoms in total. The number of para-hydroxylation sites is 1. The SMILES string of the molecule is CCN1CCc2c(sc(NC(=O)c3ccc(S(=O)(=O)N(C)CC4CCCO4)cc3)c2-c2nc3ccccc3s2)C1. The van der Waals surface area contributed by atoms with Crippen LogP contribution in [-0.4, -0.2) is 67.9 Å². The van der Waals surface area contributed by atoms with E-state index in [9.17, 15) is 13.2 Å². The summed E-state index contributed by atoms with van der Waals surface area (Å²) in [5, 5.41) is 4.84. The molecule has 1 saturated heterocycles. The number of benzene rings is 2. The average Bonchev–Trinajstić information content (AvgIpc) is 3.70. The van der Waals surface area contributed by atoms with Crippen molar-refractivity contribution in [3.63, 3.8) is 0 Å². The van der Waals surface area contributed by atoms with Crippen LogP contribution in [0, 0.1) is 0 Å². The molecular formula is C29H32N4O4S3. The van der Waals surface area contributed by atoms with Crippen molar-refractivity contribution in [2.75, 3.05) is 38.6 Å². The van der Waals surface area contributed by atoms with Crippen LogP contribution in [0.4, 0.5) is 5.00 Å². The summed E-state index contributed by atoms with van der Waals surface area (Å²) in [5.41, 5.74) is 3.63. The van der Waals surface area contributed by atoms with Gasteiger partial charge < -0.3 is 10.1 Å². The van der Waals surface area contributed by atoms with Crippen LogP contribution in [-0.2, 0) is 27.7 Å². The first kappa shape index (κ1) is 27.5. The van der Waals surface area contributed by atoms with Gasteiger partial charge in [-0.2, -0.15) is 4.31 Å². The second-order valence-electron chi connectivity index (χ2n) is 10.2. The maximum Gasteiger partial charge on any atom is 0.256 e. The molecule has 0 saturated carbocycles. The predicted octanol–water partition coefficient (Wildman–Crippen LogP) is 5.45. The van der Waals surface area contributed by atoms with E-state index >= 15 is 0 Å². The molecule has 210 valence electrons. The first-order chi connectivity index (χ1) is 19.3. The summed E-state index contributed by atoms with van der Waals surface area (Å²) < 4.78 is 34.2. The van der Waals surface area contributed by atoms with Crippen LogP contribution >= 0.6 is 22.7 Å². The average molecular weight is 597 g/mol. The molecule has 1 fully saturated rings. The summed E-state index contributed by atoms with van der Waals surface area (Å²) in [6.07, 6.45) is 2.65. The van der Waals surface area contributed by atoms with E-state index in [0.717, 1.165) is 64.7 Å². The molecule has 0 radical (unpaired) electrons. The number of thiazole rings is 1. The van der Waals surface area contributed by atoms with Crippen molar-refractivity contribution < 1.29 is 17.9 Å². The summed E-state index contributed by atoms with van der Waals surface area (Å²) in [7, 11) is -2.11. The van der Waals surface area contributed by atoms with Gasteiger partial charge in [0.05, 0.1) is 21.2 Å². The monoisotopic (exact) mass is 596 g/mol. The van der Waals surface area contributed by atoms with Crippen LogP contribution in [0.25, 0.3) is 20.8 Å². The van der Waals surface area contributed by atoms with Gasteiger partial charge in [0, 0.05) is 49.3 Å². The minimum absolute atomic E-state index is 0.0736. The van der Waals surface area contributed by atoms with Gasteiger partial charge in [0.2, 0.25) is 10.0 Å². The zero-order chi connectivity index (χ0) is 27.9. The molecule has 1 N–H and O–H groups in total. The summed E-state index contributed by atoms with van der Waals surface area (Å²) in [6, 6.07) is 14.2. The van der Waals surface area contributed by atoms with Gasteiger partial charge in [0.1, 0.15) is 10.0 Å². The van der Waals surface area contributed by atoms with E-state index in [-0.39, 0.29) is 16.9 Å². The van der Waals surface area contributed by atoms with E-state index in [2.05, 4.69) is 23.2 Å². The zero-order valence-corrected chi connectivity index (χ0v) is 25.0. The maximum absolute atomic E-state index is 13.4. The van der Waals surface area contributed by atoms with E-state index < -0.39 is 10.0 Å². The molecule has 2 aromatic carbocycles. The smallest absolute Gasteiger partial charge is 0.256 e. The highest BCUT2D eigenvalue weighted by Crippen LogP contribution is 2.45. The standard InChI is InChI=1S/C29H32N4O4S3/c1-3-33-15-14-22-25(18-33)39-29(26(22)28-30-23-8-4-5-9-24(23)38-28)31-27(34)19-10-12-21(13-11-19)40(35,36)32(2)17-20-7-6-16-37-20/h4-5,8-13,20H,3,6-7,14-18H2,1-2H3,(H,31,34). The van der Waals surface area contributed by atoms with Gasteiger partial charge in [-0.1, -0.05) is 19.1 Å². The number of carbonyl (C=O) groups excluding carboxylic acids is 1. The highest BCUT2D eigenvalue weighted by atomic mass is 32.2. The Bertz CT molecular complexity index is 1610. The third-order valence-electron chi connectivity index (χ3n) is 7.63. The molecule has 40 heavy (non-hydrogen) atoms. The number of fused-ring (bicyclic) bond motifs is 2. The topological polar surface area (TPSA) is 91.8 Å². The number of ether oxygens (including phenoxy) is 1. The number of anilines is 1. The number of aromatic nitrogens is 1. The highest BCUT2D eigenvalue weighted by Gasteiger charge is 2.29. The van der Waals surface area contributed by atoms with Gasteiger partial charge >= 0.3 is 0 Å². The lowest BCUT2D eigenvalue weighted by molar-refractivity contribution is 0.0979. The molecule has 4 aromatic rings. The van der Waals surface area contributed by atoms with E-state index in [1.807, 2.05) is 18.2 Å². The fourth-order valence-electron chi connectivity index (χ4n) is 5.33. The number of nitrogens with zero attached hydrogens (tertiary/aromatic N) is 3. The van der Waals surface area contributed by atoms with Crippen LogP contribution in [0.1, 0.15) is 40.6 Å². The molecule has 4 heterocycles.